The van der Waals surface area contributed by atoms with Gasteiger partial charge in [0.15, 0.2) is 0 Å². The highest BCUT2D eigenvalue weighted by Crippen LogP contribution is 2.45. The van der Waals surface area contributed by atoms with Crippen molar-refractivity contribution in [3.05, 3.63) is 23.6 Å². The third-order valence-electron chi connectivity index (χ3n) is 6.63. The summed E-state index contributed by atoms with van der Waals surface area (Å²) in [6.07, 6.45) is -5.13. The molecule has 1 aliphatic carbocycles. The molecule has 8 nitrogen and oxygen atoms in total. The van der Waals surface area contributed by atoms with E-state index in [0.717, 1.165) is 16.8 Å². The molecule has 0 unspecified atom stereocenters. The number of fused-ring (bicyclic) bond motifs is 1. The summed E-state index contributed by atoms with van der Waals surface area (Å²) < 4.78 is 69.0. The Morgan fingerprint density at radius 2 is 1.86 bits per heavy atom. The summed E-state index contributed by atoms with van der Waals surface area (Å²) in [4.78, 5) is 26.4. The summed E-state index contributed by atoms with van der Waals surface area (Å²) in [5.41, 5.74) is -3.38. The predicted octanol–water partition coefficient (Wildman–Crippen LogP) is 5.02. The number of alkyl halides is 3. The number of hydrogen-bond acceptors (Lipinski definition) is 6. The smallest absolute Gasteiger partial charge is 0.418 e. The largest absolute Gasteiger partial charge is 0.491 e. The number of halogens is 4. The van der Waals surface area contributed by atoms with Crippen molar-refractivity contribution >= 4 is 22.8 Å². The van der Waals surface area contributed by atoms with Gasteiger partial charge in [0.05, 0.1) is 34.2 Å². The van der Waals surface area contributed by atoms with Crippen molar-refractivity contribution in [2.24, 2.45) is 0 Å². The Morgan fingerprint density at radius 3 is 2.43 bits per heavy atom. The maximum atomic E-state index is 14.8. The lowest BCUT2D eigenvalue weighted by atomic mass is 9.77. The van der Waals surface area contributed by atoms with E-state index in [9.17, 15) is 32.3 Å². The van der Waals surface area contributed by atoms with E-state index in [2.05, 4.69) is 5.10 Å². The molecule has 1 aromatic carbocycles. The van der Waals surface area contributed by atoms with Crippen LogP contribution in [-0.2, 0) is 15.7 Å². The van der Waals surface area contributed by atoms with Crippen LogP contribution in [0.3, 0.4) is 0 Å². The highest BCUT2D eigenvalue weighted by atomic mass is 19.4. The SMILES string of the molecule is C[C@H]1CC(=O)C[C@@H](COc2cc(C(F)(F)F)c3c(c2)c(F)nn3C2CC(C)(O)C2)N1C(=O)OC(C)(C)C. The summed E-state index contributed by atoms with van der Waals surface area (Å²) in [5.74, 6) is -1.47. The van der Waals surface area contributed by atoms with E-state index in [-0.39, 0.29) is 49.2 Å². The van der Waals surface area contributed by atoms with Gasteiger partial charge in [0.2, 0.25) is 5.95 Å². The molecule has 204 valence electrons. The van der Waals surface area contributed by atoms with E-state index < -0.39 is 58.6 Å². The van der Waals surface area contributed by atoms with Crippen molar-refractivity contribution in [3.8, 4) is 5.75 Å². The Bertz CT molecular complexity index is 1210. The fourth-order valence-electron chi connectivity index (χ4n) is 5.11. The lowest BCUT2D eigenvalue weighted by Crippen LogP contribution is -2.54. The van der Waals surface area contributed by atoms with Crippen LogP contribution in [0.15, 0.2) is 12.1 Å². The first-order valence-electron chi connectivity index (χ1n) is 12.1. The van der Waals surface area contributed by atoms with Crippen LogP contribution >= 0.6 is 0 Å². The molecule has 1 saturated heterocycles. The van der Waals surface area contributed by atoms with E-state index in [1.54, 1.807) is 34.6 Å². The van der Waals surface area contributed by atoms with E-state index in [4.69, 9.17) is 9.47 Å². The molecule has 2 heterocycles. The number of carbonyl (C=O) groups is 2. The maximum Gasteiger partial charge on any atom is 0.418 e. The summed E-state index contributed by atoms with van der Waals surface area (Å²) in [7, 11) is 0. The summed E-state index contributed by atoms with van der Waals surface area (Å²) in [6.45, 7) is 8.04. The van der Waals surface area contributed by atoms with Gasteiger partial charge in [0.1, 0.15) is 23.7 Å². The third kappa shape index (κ3) is 5.68. The molecule has 1 saturated carbocycles. The Balaban J connectivity index is 1.64. The van der Waals surface area contributed by atoms with Crippen LogP contribution in [-0.4, -0.2) is 61.6 Å². The van der Waals surface area contributed by atoms with Crippen molar-refractivity contribution in [3.63, 3.8) is 0 Å². The number of aromatic nitrogens is 2. The first-order chi connectivity index (χ1) is 16.9. The van der Waals surface area contributed by atoms with E-state index in [1.165, 1.54) is 4.90 Å². The predicted molar refractivity (Wildman–Crippen MR) is 125 cm³/mol. The second kappa shape index (κ2) is 9.14. The second-order valence-electron chi connectivity index (χ2n) is 11.3. The molecule has 1 aromatic heterocycles. The number of rotatable bonds is 4. The van der Waals surface area contributed by atoms with Crippen molar-refractivity contribution in [2.75, 3.05) is 6.61 Å². The Kier molecular flexibility index (Phi) is 6.71. The van der Waals surface area contributed by atoms with Gasteiger partial charge in [-0.3, -0.25) is 14.4 Å². The number of ether oxygens (including phenoxy) is 2. The van der Waals surface area contributed by atoms with Crippen LogP contribution < -0.4 is 4.74 Å². The molecular weight excluding hydrogens is 498 g/mol. The van der Waals surface area contributed by atoms with Crippen LogP contribution in [0.5, 0.6) is 5.75 Å². The molecule has 0 radical (unpaired) electrons. The third-order valence-corrected chi connectivity index (χ3v) is 6.63. The Hall–Kier alpha value is -2.89. The molecule has 1 N–H and O–H groups in total. The monoisotopic (exact) mass is 529 g/mol. The van der Waals surface area contributed by atoms with E-state index in [0.29, 0.717) is 0 Å². The highest BCUT2D eigenvalue weighted by Gasteiger charge is 2.44. The zero-order chi connectivity index (χ0) is 27.5. The van der Waals surface area contributed by atoms with Gasteiger partial charge in [-0.2, -0.15) is 17.6 Å². The lowest BCUT2D eigenvalue weighted by molar-refractivity contribution is -0.136. The van der Waals surface area contributed by atoms with Crippen LogP contribution in [0.1, 0.15) is 71.9 Å². The fourth-order valence-corrected chi connectivity index (χ4v) is 5.11. The molecule has 12 heteroatoms. The minimum absolute atomic E-state index is 0.0497. The highest BCUT2D eigenvalue weighted by molar-refractivity contribution is 5.85. The lowest BCUT2D eigenvalue weighted by Gasteiger charge is -2.41. The number of amides is 1. The van der Waals surface area contributed by atoms with Gasteiger partial charge in [0.25, 0.3) is 0 Å². The summed E-state index contributed by atoms with van der Waals surface area (Å²) >= 11 is 0. The number of hydrogen-bond donors (Lipinski definition) is 1. The summed E-state index contributed by atoms with van der Waals surface area (Å²) in [6, 6.07) is 0.0515. The van der Waals surface area contributed by atoms with Crippen molar-refractivity contribution < 1.29 is 41.7 Å². The standard InChI is InChI=1S/C25H31F4N3O5/c1-13-6-16(33)7-14(31(13)22(34)37-23(2,3)4)12-36-17-8-18-20(19(9-17)25(27,28)29)32(30-21(18)26)15-10-24(5,35)11-15/h8-9,13-15,35H,6-7,10-12H2,1-5H3/t13-,14-,15?,24?/m0/s1. The van der Waals surface area contributed by atoms with Gasteiger partial charge in [0, 0.05) is 18.9 Å². The first-order valence-corrected chi connectivity index (χ1v) is 12.1. The van der Waals surface area contributed by atoms with Gasteiger partial charge in [-0.05, 0) is 59.6 Å². The van der Waals surface area contributed by atoms with Crippen molar-refractivity contribution in [2.45, 2.75) is 95.8 Å². The van der Waals surface area contributed by atoms with E-state index in [1.807, 2.05) is 0 Å². The average Bonchev–Trinajstić information content (AvgIpc) is 3.03. The van der Waals surface area contributed by atoms with Crippen LogP contribution in [0.25, 0.3) is 10.9 Å². The number of carbonyl (C=O) groups excluding carboxylic acids is 2. The molecule has 37 heavy (non-hydrogen) atoms. The minimum Gasteiger partial charge on any atom is -0.491 e. The number of piperidine rings is 1. The molecule has 1 amide bonds. The maximum absolute atomic E-state index is 14.8. The molecule has 0 bridgehead atoms. The zero-order valence-electron chi connectivity index (χ0n) is 21.4. The normalized spacial score (nSPS) is 26.8. The van der Waals surface area contributed by atoms with Crippen LogP contribution in [0.4, 0.5) is 22.4 Å². The zero-order valence-corrected chi connectivity index (χ0v) is 21.4. The van der Waals surface area contributed by atoms with Crippen molar-refractivity contribution in [1.29, 1.82) is 0 Å². The average molecular weight is 530 g/mol. The van der Waals surface area contributed by atoms with Crippen molar-refractivity contribution in [1.82, 2.24) is 14.7 Å². The number of Topliss-reactive ketones (excluding diaryl/α,β-unsaturated/α-hetero) is 1. The molecule has 2 fully saturated rings. The Labute approximate surface area is 211 Å². The van der Waals surface area contributed by atoms with Gasteiger partial charge in [-0.25, -0.2) is 4.79 Å². The molecule has 0 spiro atoms. The number of ketones is 1. The number of aliphatic hydroxyl groups is 1. The van der Waals surface area contributed by atoms with Gasteiger partial charge in [-0.15, -0.1) is 5.10 Å². The first kappa shape index (κ1) is 27.2. The molecule has 2 aromatic rings. The van der Waals surface area contributed by atoms with Gasteiger partial charge in [-0.1, -0.05) is 0 Å². The molecular formula is C25H31F4N3O5. The Morgan fingerprint density at radius 1 is 1.22 bits per heavy atom. The van der Waals surface area contributed by atoms with Crippen LogP contribution in [0, 0.1) is 5.95 Å². The quantitative estimate of drug-likeness (QED) is 0.560. The topological polar surface area (TPSA) is 93.9 Å². The molecule has 2 aliphatic rings. The van der Waals surface area contributed by atoms with Gasteiger partial charge < -0.3 is 14.6 Å². The number of nitrogens with zero attached hydrogens (tertiary/aromatic N) is 3. The molecule has 1 aliphatic heterocycles. The number of benzene rings is 1. The molecule has 2 atom stereocenters. The molecule has 4 rings (SSSR count). The van der Waals surface area contributed by atoms with E-state index >= 15 is 0 Å². The summed E-state index contributed by atoms with van der Waals surface area (Å²) in [5, 5.41) is 13.3. The number of likely N-dealkylation sites (tertiary alicyclic amines) is 1. The van der Waals surface area contributed by atoms with Gasteiger partial charge >= 0.3 is 12.3 Å². The fraction of sp³-hybridized carbons (Fsp3) is 0.640. The van der Waals surface area contributed by atoms with Crippen LogP contribution in [0.2, 0.25) is 0 Å². The minimum atomic E-state index is -4.84. The second-order valence-corrected chi connectivity index (χ2v) is 11.3.